The van der Waals surface area contributed by atoms with Gasteiger partial charge in [0.25, 0.3) is 0 Å². The van der Waals surface area contributed by atoms with Gasteiger partial charge in [-0.1, -0.05) is 6.92 Å². The second-order valence-electron chi connectivity index (χ2n) is 3.13. The van der Waals surface area contributed by atoms with Crippen LogP contribution in [0.25, 0.3) is 0 Å². The maximum atomic E-state index is 10.6. The van der Waals surface area contributed by atoms with Crippen molar-refractivity contribution in [2.24, 2.45) is 0 Å². The number of rotatable bonds is 4. The fourth-order valence-electron chi connectivity index (χ4n) is 1.16. The van der Waals surface area contributed by atoms with Gasteiger partial charge in [0.15, 0.2) is 0 Å². The summed E-state index contributed by atoms with van der Waals surface area (Å²) in [4.78, 5) is 10.6. The van der Waals surface area contributed by atoms with Gasteiger partial charge in [0.2, 0.25) is 0 Å². The van der Waals surface area contributed by atoms with Gasteiger partial charge in [-0.15, -0.1) is 0 Å². The van der Waals surface area contributed by atoms with Crippen molar-refractivity contribution in [2.45, 2.75) is 20.3 Å². The molecule has 14 heavy (non-hydrogen) atoms. The first-order valence-electron chi connectivity index (χ1n) is 4.62. The number of hydrogen-bond acceptors (Lipinski definition) is 2. The molecule has 0 aliphatic heterocycles. The second kappa shape index (κ2) is 4.65. The molecule has 1 aromatic carbocycles. The SMILES string of the molecule is CCCOc1ccc(C(=O)O)cc1C. The lowest BCUT2D eigenvalue weighted by Crippen LogP contribution is -2.00. The van der Waals surface area contributed by atoms with Crippen LogP contribution in [0.2, 0.25) is 0 Å². The molecule has 0 aliphatic rings. The number of carboxylic acid groups (broad SMARTS) is 1. The molecule has 0 unspecified atom stereocenters. The molecule has 0 atom stereocenters. The van der Waals surface area contributed by atoms with Gasteiger partial charge in [0.05, 0.1) is 12.2 Å². The average molecular weight is 194 g/mol. The van der Waals surface area contributed by atoms with E-state index in [9.17, 15) is 4.79 Å². The third kappa shape index (κ3) is 2.49. The van der Waals surface area contributed by atoms with E-state index in [1.54, 1.807) is 18.2 Å². The Morgan fingerprint density at radius 3 is 2.71 bits per heavy atom. The molecule has 0 radical (unpaired) electrons. The molecule has 76 valence electrons. The lowest BCUT2D eigenvalue weighted by atomic mass is 10.1. The highest BCUT2D eigenvalue weighted by Crippen LogP contribution is 2.19. The van der Waals surface area contributed by atoms with Crippen LogP contribution in [0.4, 0.5) is 0 Å². The summed E-state index contributed by atoms with van der Waals surface area (Å²) in [6.45, 7) is 4.53. The topological polar surface area (TPSA) is 46.5 Å². The number of hydrogen-bond donors (Lipinski definition) is 1. The van der Waals surface area contributed by atoms with Gasteiger partial charge in [-0.25, -0.2) is 4.79 Å². The van der Waals surface area contributed by atoms with E-state index in [4.69, 9.17) is 9.84 Å². The normalized spacial score (nSPS) is 9.86. The van der Waals surface area contributed by atoms with Crippen molar-refractivity contribution in [1.29, 1.82) is 0 Å². The fraction of sp³-hybridized carbons (Fsp3) is 0.364. The van der Waals surface area contributed by atoms with Crippen LogP contribution >= 0.6 is 0 Å². The number of aromatic carboxylic acids is 1. The van der Waals surface area contributed by atoms with Crippen LogP contribution in [0.1, 0.15) is 29.3 Å². The Kier molecular flexibility index (Phi) is 3.51. The molecule has 0 amide bonds. The number of aryl methyl sites for hydroxylation is 1. The van der Waals surface area contributed by atoms with E-state index >= 15 is 0 Å². The minimum Gasteiger partial charge on any atom is -0.493 e. The van der Waals surface area contributed by atoms with E-state index in [-0.39, 0.29) is 0 Å². The smallest absolute Gasteiger partial charge is 0.335 e. The first-order valence-corrected chi connectivity index (χ1v) is 4.62. The molecule has 1 aromatic rings. The number of benzene rings is 1. The molecular weight excluding hydrogens is 180 g/mol. The van der Waals surface area contributed by atoms with Crippen molar-refractivity contribution in [2.75, 3.05) is 6.61 Å². The highest BCUT2D eigenvalue weighted by atomic mass is 16.5. The summed E-state index contributed by atoms with van der Waals surface area (Å²) in [5.74, 6) is -0.146. The van der Waals surface area contributed by atoms with Crippen LogP contribution in [-0.2, 0) is 0 Å². The number of ether oxygens (including phenoxy) is 1. The van der Waals surface area contributed by atoms with Crippen LogP contribution < -0.4 is 4.74 Å². The van der Waals surface area contributed by atoms with Crippen LogP contribution in [0, 0.1) is 6.92 Å². The summed E-state index contributed by atoms with van der Waals surface area (Å²) < 4.78 is 5.43. The first-order chi connectivity index (χ1) is 6.65. The van der Waals surface area contributed by atoms with E-state index in [2.05, 4.69) is 0 Å². The molecule has 0 aliphatic carbocycles. The van der Waals surface area contributed by atoms with Crippen molar-refractivity contribution >= 4 is 5.97 Å². The largest absolute Gasteiger partial charge is 0.493 e. The Hall–Kier alpha value is -1.51. The predicted molar refractivity (Wildman–Crippen MR) is 53.9 cm³/mol. The Morgan fingerprint density at radius 1 is 1.50 bits per heavy atom. The quantitative estimate of drug-likeness (QED) is 0.800. The monoisotopic (exact) mass is 194 g/mol. The van der Waals surface area contributed by atoms with Crippen LogP contribution in [-0.4, -0.2) is 17.7 Å². The molecule has 0 aromatic heterocycles. The lowest BCUT2D eigenvalue weighted by Gasteiger charge is -2.08. The molecule has 0 bridgehead atoms. The van der Waals surface area contributed by atoms with Gasteiger partial charge in [0.1, 0.15) is 5.75 Å². The molecular formula is C11H14O3. The summed E-state index contributed by atoms with van der Waals surface area (Å²) in [6, 6.07) is 4.88. The van der Waals surface area contributed by atoms with Crippen molar-refractivity contribution in [1.82, 2.24) is 0 Å². The number of carbonyl (C=O) groups is 1. The maximum absolute atomic E-state index is 10.6. The van der Waals surface area contributed by atoms with Gasteiger partial charge >= 0.3 is 5.97 Å². The van der Waals surface area contributed by atoms with Crippen molar-refractivity contribution in [3.05, 3.63) is 29.3 Å². The molecule has 3 heteroatoms. The minimum absolute atomic E-state index is 0.298. The summed E-state index contributed by atoms with van der Waals surface area (Å²) in [5.41, 5.74) is 1.16. The molecule has 0 saturated heterocycles. The molecule has 0 spiro atoms. The van der Waals surface area contributed by atoms with Crippen molar-refractivity contribution in [3.8, 4) is 5.75 Å². The standard InChI is InChI=1S/C11H14O3/c1-3-6-14-10-5-4-9(11(12)13)7-8(10)2/h4-5,7H,3,6H2,1-2H3,(H,12,13). The number of carboxylic acids is 1. The third-order valence-corrected chi connectivity index (χ3v) is 1.88. The van der Waals surface area contributed by atoms with E-state index in [0.29, 0.717) is 12.2 Å². The van der Waals surface area contributed by atoms with Gasteiger partial charge in [0, 0.05) is 0 Å². The average Bonchev–Trinajstić information content (AvgIpc) is 2.15. The molecule has 0 fully saturated rings. The summed E-state index contributed by atoms with van der Waals surface area (Å²) in [7, 11) is 0. The molecule has 0 saturated carbocycles. The molecule has 1 N–H and O–H groups in total. The predicted octanol–water partition coefficient (Wildman–Crippen LogP) is 2.48. The Balaban J connectivity index is 2.84. The first kappa shape index (κ1) is 10.6. The van der Waals surface area contributed by atoms with Gasteiger partial charge in [-0.2, -0.15) is 0 Å². The van der Waals surface area contributed by atoms with E-state index in [1.807, 2.05) is 13.8 Å². The zero-order valence-corrected chi connectivity index (χ0v) is 8.41. The Morgan fingerprint density at radius 2 is 2.21 bits per heavy atom. The zero-order valence-electron chi connectivity index (χ0n) is 8.41. The van der Waals surface area contributed by atoms with Crippen LogP contribution in [0.15, 0.2) is 18.2 Å². The van der Waals surface area contributed by atoms with Crippen molar-refractivity contribution in [3.63, 3.8) is 0 Å². The highest BCUT2D eigenvalue weighted by molar-refractivity contribution is 5.88. The van der Waals surface area contributed by atoms with Crippen LogP contribution in [0.5, 0.6) is 5.75 Å². The Bertz CT molecular complexity index is 331. The second-order valence-corrected chi connectivity index (χ2v) is 3.13. The Labute approximate surface area is 83.3 Å². The lowest BCUT2D eigenvalue weighted by molar-refractivity contribution is 0.0696. The fourth-order valence-corrected chi connectivity index (χ4v) is 1.16. The van der Waals surface area contributed by atoms with E-state index in [0.717, 1.165) is 17.7 Å². The summed E-state index contributed by atoms with van der Waals surface area (Å²) in [6.07, 6.45) is 0.945. The minimum atomic E-state index is -0.907. The maximum Gasteiger partial charge on any atom is 0.335 e. The third-order valence-electron chi connectivity index (χ3n) is 1.88. The molecule has 1 rings (SSSR count). The van der Waals surface area contributed by atoms with E-state index in [1.165, 1.54) is 0 Å². The summed E-state index contributed by atoms with van der Waals surface area (Å²) >= 11 is 0. The molecule has 3 nitrogen and oxygen atoms in total. The van der Waals surface area contributed by atoms with Gasteiger partial charge in [-0.05, 0) is 37.1 Å². The zero-order chi connectivity index (χ0) is 10.6. The van der Waals surface area contributed by atoms with Crippen LogP contribution in [0.3, 0.4) is 0 Å². The van der Waals surface area contributed by atoms with Gasteiger partial charge < -0.3 is 9.84 Å². The summed E-state index contributed by atoms with van der Waals surface area (Å²) in [5, 5.41) is 8.74. The highest BCUT2D eigenvalue weighted by Gasteiger charge is 2.05. The van der Waals surface area contributed by atoms with E-state index < -0.39 is 5.97 Å². The van der Waals surface area contributed by atoms with Gasteiger partial charge in [-0.3, -0.25) is 0 Å². The molecule has 0 heterocycles. The van der Waals surface area contributed by atoms with Crippen molar-refractivity contribution < 1.29 is 14.6 Å².